The van der Waals surface area contributed by atoms with Crippen molar-refractivity contribution in [3.05, 3.63) is 42.0 Å². The number of aliphatic hydroxyl groups excluding tert-OH is 1. The predicted octanol–water partition coefficient (Wildman–Crippen LogP) is 1.81. The lowest BCUT2D eigenvalue weighted by molar-refractivity contribution is -0.157. The van der Waals surface area contributed by atoms with Crippen LogP contribution in [-0.2, 0) is 14.4 Å². The summed E-state index contributed by atoms with van der Waals surface area (Å²) in [7, 11) is 0. The Balaban J connectivity index is 1.73. The van der Waals surface area contributed by atoms with Gasteiger partial charge in [-0.05, 0) is 25.3 Å². The molecule has 4 rings (SSSR count). The highest BCUT2D eigenvalue weighted by Crippen LogP contribution is 2.46. The third-order valence-corrected chi connectivity index (χ3v) is 6.92. The number of carboxylic acid groups (broad SMARTS) is 1. The molecule has 7 nitrogen and oxygen atoms in total. The van der Waals surface area contributed by atoms with Gasteiger partial charge in [0.05, 0.1) is 17.9 Å². The molecule has 2 heterocycles. The average molecular weight is 412 g/mol. The number of aliphatic hydroxyl groups is 1. The van der Waals surface area contributed by atoms with E-state index in [0.29, 0.717) is 0 Å². The molecule has 5 unspecified atom stereocenters. The summed E-state index contributed by atoms with van der Waals surface area (Å²) < 4.78 is 0. The highest BCUT2D eigenvalue weighted by Gasteiger charge is 2.70. The lowest BCUT2D eigenvalue weighted by Gasteiger charge is -2.35. The number of fused-ring (bicyclic) bond motifs is 1. The highest BCUT2D eigenvalue weighted by atomic mass is 16.4. The minimum atomic E-state index is -1.90. The van der Waals surface area contributed by atoms with Crippen molar-refractivity contribution in [1.29, 1.82) is 0 Å². The summed E-state index contributed by atoms with van der Waals surface area (Å²) >= 11 is 0. The standard InChI is InChI=1S/C23H28N2O5/c1-14(26)23(22(29)30)19-18(17(24-23)13-12-15-8-4-2-5-9-15)20(27)25(21(19)28)16-10-6-3-7-11-16/h2,4-5,8-9,12-14,16-19,24,26H,3,6-7,10-11H2,1H3,(H,29,30). The SMILES string of the molecule is CC(O)C1(C(=O)O)NC(C=Cc2ccccc2)C2C(=O)N(C3CCCCC3)C(=O)C21. The molecule has 30 heavy (non-hydrogen) atoms. The van der Waals surface area contributed by atoms with Gasteiger partial charge in [-0.25, -0.2) is 0 Å². The lowest BCUT2D eigenvalue weighted by atomic mass is 9.77. The largest absolute Gasteiger partial charge is 0.480 e. The maximum atomic E-state index is 13.4. The second-order valence-corrected chi connectivity index (χ2v) is 8.63. The van der Waals surface area contributed by atoms with Crippen molar-refractivity contribution in [3.63, 3.8) is 0 Å². The van der Waals surface area contributed by atoms with Crippen molar-refractivity contribution in [3.8, 4) is 0 Å². The molecule has 5 atom stereocenters. The summed E-state index contributed by atoms with van der Waals surface area (Å²) in [6.45, 7) is 1.36. The lowest BCUT2D eigenvalue weighted by Crippen LogP contribution is -2.63. The molecule has 2 aliphatic heterocycles. The first-order chi connectivity index (χ1) is 14.4. The van der Waals surface area contributed by atoms with E-state index >= 15 is 0 Å². The fourth-order valence-corrected chi connectivity index (χ4v) is 5.41. The van der Waals surface area contributed by atoms with Crippen LogP contribution in [0.2, 0.25) is 0 Å². The van der Waals surface area contributed by atoms with Gasteiger partial charge >= 0.3 is 5.97 Å². The van der Waals surface area contributed by atoms with Crippen LogP contribution in [0.15, 0.2) is 36.4 Å². The summed E-state index contributed by atoms with van der Waals surface area (Å²) in [5, 5.41) is 23.5. The zero-order chi connectivity index (χ0) is 21.5. The van der Waals surface area contributed by atoms with E-state index < -0.39 is 41.4 Å². The number of amides is 2. The summed E-state index contributed by atoms with van der Waals surface area (Å²) in [5.41, 5.74) is -0.992. The van der Waals surface area contributed by atoms with Crippen LogP contribution in [0, 0.1) is 11.8 Å². The van der Waals surface area contributed by atoms with Gasteiger partial charge in [-0.3, -0.25) is 24.6 Å². The maximum absolute atomic E-state index is 13.4. The smallest absolute Gasteiger partial charge is 0.327 e. The quantitative estimate of drug-likeness (QED) is 0.637. The fraction of sp³-hybridized carbons (Fsp3) is 0.522. The number of hydrogen-bond donors (Lipinski definition) is 3. The molecular weight excluding hydrogens is 384 g/mol. The molecule has 0 spiro atoms. The van der Waals surface area contributed by atoms with E-state index in [1.807, 2.05) is 36.4 Å². The number of carboxylic acids is 1. The number of hydrogen-bond acceptors (Lipinski definition) is 5. The van der Waals surface area contributed by atoms with E-state index in [0.717, 1.165) is 37.7 Å². The van der Waals surface area contributed by atoms with Crippen LogP contribution in [0.1, 0.15) is 44.6 Å². The van der Waals surface area contributed by atoms with E-state index in [2.05, 4.69) is 5.32 Å². The number of likely N-dealkylation sites (tertiary alicyclic amines) is 1. The number of aliphatic carboxylic acids is 1. The van der Waals surface area contributed by atoms with E-state index in [9.17, 15) is 24.6 Å². The first-order valence-electron chi connectivity index (χ1n) is 10.7. The molecule has 160 valence electrons. The molecule has 2 saturated heterocycles. The number of rotatable bonds is 5. The maximum Gasteiger partial charge on any atom is 0.327 e. The van der Waals surface area contributed by atoms with E-state index in [1.54, 1.807) is 6.08 Å². The van der Waals surface area contributed by atoms with Gasteiger partial charge in [0.2, 0.25) is 11.8 Å². The zero-order valence-electron chi connectivity index (χ0n) is 17.0. The van der Waals surface area contributed by atoms with Crippen molar-refractivity contribution in [2.75, 3.05) is 0 Å². The molecule has 0 radical (unpaired) electrons. The van der Waals surface area contributed by atoms with Crippen LogP contribution in [0.3, 0.4) is 0 Å². The van der Waals surface area contributed by atoms with Gasteiger partial charge in [-0.1, -0.05) is 61.7 Å². The summed E-state index contributed by atoms with van der Waals surface area (Å²) in [6.07, 6.45) is 6.70. The van der Waals surface area contributed by atoms with Crippen LogP contribution in [0.4, 0.5) is 0 Å². The summed E-state index contributed by atoms with van der Waals surface area (Å²) in [6, 6.07) is 8.63. The molecule has 1 saturated carbocycles. The molecule has 1 aliphatic carbocycles. The van der Waals surface area contributed by atoms with Crippen molar-refractivity contribution < 1.29 is 24.6 Å². The Morgan fingerprint density at radius 3 is 2.43 bits per heavy atom. The van der Waals surface area contributed by atoms with Crippen molar-refractivity contribution >= 4 is 23.9 Å². The molecular formula is C23H28N2O5. The number of imide groups is 1. The zero-order valence-corrected chi connectivity index (χ0v) is 17.0. The molecule has 7 heteroatoms. The highest BCUT2D eigenvalue weighted by molar-refractivity contribution is 6.10. The molecule has 1 aromatic rings. The third-order valence-electron chi connectivity index (χ3n) is 6.92. The number of benzene rings is 1. The second kappa shape index (κ2) is 7.96. The van der Waals surface area contributed by atoms with Gasteiger partial charge in [-0.15, -0.1) is 0 Å². The van der Waals surface area contributed by atoms with Gasteiger partial charge in [0.15, 0.2) is 5.54 Å². The van der Waals surface area contributed by atoms with Crippen molar-refractivity contribution in [2.45, 2.75) is 62.8 Å². The Morgan fingerprint density at radius 2 is 1.83 bits per heavy atom. The monoisotopic (exact) mass is 412 g/mol. The Bertz CT molecular complexity index is 862. The normalized spacial score (nSPS) is 33.3. The van der Waals surface area contributed by atoms with Crippen molar-refractivity contribution in [2.24, 2.45) is 11.8 Å². The van der Waals surface area contributed by atoms with Gasteiger partial charge in [0.1, 0.15) is 0 Å². The van der Waals surface area contributed by atoms with E-state index in [-0.39, 0.29) is 11.9 Å². The number of nitrogens with zero attached hydrogens (tertiary/aromatic N) is 1. The Morgan fingerprint density at radius 1 is 1.17 bits per heavy atom. The van der Waals surface area contributed by atoms with Crippen LogP contribution >= 0.6 is 0 Å². The number of nitrogens with one attached hydrogen (secondary N) is 1. The van der Waals surface area contributed by atoms with Gasteiger partial charge < -0.3 is 10.2 Å². The molecule has 1 aromatic carbocycles. The molecule has 3 N–H and O–H groups in total. The Labute approximate surface area is 175 Å². The van der Waals surface area contributed by atoms with Crippen LogP contribution in [0.25, 0.3) is 6.08 Å². The topological polar surface area (TPSA) is 107 Å². The minimum absolute atomic E-state index is 0.177. The molecule has 0 bridgehead atoms. The van der Waals surface area contributed by atoms with E-state index in [4.69, 9.17) is 0 Å². The van der Waals surface area contributed by atoms with E-state index in [1.165, 1.54) is 11.8 Å². The third kappa shape index (κ3) is 3.17. The van der Waals surface area contributed by atoms with Crippen molar-refractivity contribution in [1.82, 2.24) is 10.2 Å². The molecule has 2 amide bonds. The Kier molecular flexibility index (Phi) is 5.51. The van der Waals surface area contributed by atoms with Gasteiger partial charge in [-0.2, -0.15) is 0 Å². The van der Waals surface area contributed by atoms with Crippen LogP contribution < -0.4 is 5.32 Å². The van der Waals surface area contributed by atoms with Gasteiger partial charge in [0.25, 0.3) is 0 Å². The summed E-state index contributed by atoms with van der Waals surface area (Å²) in [5.74, 6) is -4.08. The fourth-order valence-electron chi connectivity index (χ4n) is 5.41. The van der Waals surface area contributed by atoms with Gasteiger partial charge in [0, 0.05) is 12.1 Å². The first kappa shape index (κ1) is 20.8. The minimum Gasteiger partial charge on any atom is -0.480 e. The summed E-state index contributed by atoms with van der Waals surface area (Å²) in [4.78, 5) is 40.5. The van der Waals surface area contributed by atoms with Crippen LogP contribution in [-0.4, -0.2) is 56.6 Å². The van der Waals surface area contributed by atoms with Crippen LogP contribution in [0.5, 0.6) is 0 Å². The Hall–Kier alpha value is -2.51. The number of carbonyl (C=O) groups excluding carboxylic acids is 2. The average Bonchev–Trinajstić information content (AvgIpc) is 3.22. The first-order valence-corrected chi connectivity index (χ1v) is 10.7. The molecule has 0 aromatic heterocycles. The predicted molar refractivity (Wildman–Crippen MR) is 110 cm³/mol. The number of carbonyl (C=O) groups is 3. The second-order valence-electron chi connectivity index (χ2n) is 8.63. The molecule has 3 aliphatic rings. The molecule has 3 fully saturated rings.